The van der Waals surface area contributed by atoms with Crippen LogP contribution in [-0.2, 0) is 19.1 Å². The lowest BCUT2D eigenvalue weighted by atomic mass is 10.2. The van der Waals surface area contributed by atoms with E-state index < -0.39 is 15.4 Å². The van der Waals surface area contributed by atoms with E-state index in [0.717, 1.165) is 5.56 Å². The number of benzene rings is 1. The first-order valence-electron chi connectivity index (χ1n) is 5.56. The van der Waals surface area contributed by atoms with Crippen LogP contribution in [0.25, 0.3) is 0 Å². The molecule has 1 aromatic rings. The average Bonchev–Trinajstić information content (AvgIpc) is 2.28. The monoisotopic (exact) mass is 290 g/mol. The molecule has 0 aromatic heterocycles. The molecule has 0 saturated carbocycles. The summed E-state index contributed by atoms with van der Waals surface area (Å²) in [5.74, 6) is 0. The fourth-order valence-electron chi connectivity index (χ4n) is 1.31. The van der Waals surface area contributed by atoms with Crippen molar-refractivity contribution >= 4 is 27.0 Å². The van der Waals surface area contributed by atoms with Crippen LogP contribution < -0.4 is 0 Å². The Kier molecular flexibility index (Phi) is 5.78. The molecule has 4 nitrogen and oxygen atoms in total. The molecule has 0 aliphatic carbocycles. The van der Waals surface area contributed by atoms with E-state index in [1.54, 1.807) is 12.1 Å². The second-order valence-electron chi connectivity index (χ2n) is 3.90. The molecule has 0 N–H and O–H groups in total. The Morgan fingerprint density at radius 2 is 1.83 bits per heavy atom. The maximum atomic E-state index is 11.7. The van der Waals surface area contributed by atoms with Crippen molar-refractivity contribution in [2.45, 2.75) is 31.1 Å². The van der Waals surface area contributed by atoms with Crippen molar-refractivity contribution in [3.05, 3.63) is 29.8 Å². The van der Waals surface area contributed by atoms with Crippen LogP contribution in [-0.4, -0.2) is 20.3 Å². The van der Waals surface area contributed by atoms with Gasteiger partial charge in [0.15, 0.2) is 0 Å². The Morgan fingerprint density at radius 1 is 1.22 bits per heavy atom. The first-order valence-corrected chi connectivity index (χ1v) is 7.35. The third-order valence-corrected chi connectivity index (χ3v) is 3.83. The molecule has 0 fully saturated rings. The molecule has 1 rings (SSSR count). The summed E-state index contributed by atoms with van der Waals surface area (Å²) < 4.78 is 28.3. The summed E-state index contributed by atoms with van der Waals surface area (Å²) in [5, 5.41) is -0.420. The van der Waals surface area contributed by atoms with Gasteiger partial charge in [-0.3, -0.25) is 8.98 Å². The molecule has 0 atom stereocenters. The summed E-state index contributed by atoms with van der Waals surface area (Å²) >= 11 is 5.16. The van der Waals surface area contributed by atoms with E-state index in [1.807, 2.05) is 6.92 Å². The van der Waals surface area contributed by atoms with E-state index in [1.165, 1.54) is 12.1 Å². The highest BCUT2D eigenvalue weighted by atomic mass is 35.5. The molecule has 0 aliphatic rings. The lowest BCUT2D eigenvalue weighted by molar-refractivity contribution is -0.111. The maximum Gasteiger partial charge on any atom is 0.296 e. The van der Waals surface area contributed by atoms with Crippen molar-refractivity contribution < 1.29 is 17.4 Å². The van der Waals surface area contributed by atoms with Crippen molar-refractivity contribution in [1.29, 1.82) is 0 Å². The predicted octanol–water partition coefficient (Wildman–Crippen LogP) is 2.64. The highest BCUT2D eigenvalue weighted by Crippen LogP contribution is 2.13. The summed E-state index contributed by atoms with van der Waals surface area (Å²) in [7, 11) is -3.70. The topological polar surface area (TPSA) is 60.4 Å². The molecule has 0 aliphatic heterocycles. The van der Waals surface area contributed by atoms with Gasteiger partial charge in [-0.25, -0.2) is 0 Å². The molecule has 0 bridgehead atoms. The zero-order valence-corrected chi connectivity index (χ0v) is 11.6. The Labute approximate surface area is 112 Å². The van der Waals surface area contributed by atoms with Gasteiger partial charge >= 0.3 is 0 Å². The second kappa shape index (κ2) is 6.87. The number of rotatable bonds is 7. The number of carbonyl (C=O) groups is 1. The van der Waals surface area contributed by atoms with Gasteiger partial charge in [-0.15, -0.1) is 0 Å². The van der Waals surface area contributed by atoms with E-state index in [4.69, 9.17) is 15.8 Å². The van der Waals surface area contributed by atoms with Crippen molar-refractivity contribution in [1.82, 2.24) is 0 Å². The van der Waals surface area contributed by atoms with Gasteiger partial charge in [-0.05, 0) is 43.5 Å². The lowest BCUT2D eigenvalue weighted by Crippen LogP contribution is -2.07. The molecular weight excluding hydrogens is 276 g/mol. The fraction of sp³-hybridized carbons (Fsp3) is 0.417. The van der Waals surface area contributed by atoms with Crippen molar-refractivity contribution in [3.63, 3.8) is 0 Å². The predicted molar refractivity (Wildman–Crippen MR) is 69.0 cm³/mol. The third kappa shape index (κ3) is 5.16. The quantitative estimate of drug-likeness (QED) is 0.440. The molecule has 0 spiro atoms. The number of carbonyl (C=O) groups excluding carboxylic acids is 1. The average molecular weight is 291 g/mol. The molecule has 18 heavy (non-hydrogen) atoms. The summed E-state index contributed by atoms with van der Waals surface area (Å²) in [6.07, 6.45) is 1.23. The highest BCUT2D eigenvalue weighted by molar-refractivity contribution is 7.86. The number of hydrogen-bond donors (Lipinski definition) is 0. The zero-order chi connectivity index (χ0) is 13.6. The van der Waals surface area contributed by atoms with Crippen LogP contribution in [0.1, 0.15) is 24.8 Å². The standard InChI is InChI=1S/C12H15ClO4S/c1-10-5-7-11(8-6-10)18(15,16)17-9-3-2-4-12(13)14/h5-8H,2-4,9H2,1H3. The van der Waals surface area contributed by atoms with Crippen molar-refractivity contribution in [2.75, 3.05) is 6.61 Å². The Balaban J connectivity index is 2.45. The van der Waals surface area contributed by atoms with E-state index >= 15 is 0 Å². The van der Waals surface area contributed by atoms with Gasteiger partial charge in [0.1, 0.15) is 0 Å². The third-order valence-electron chi connectivity index (χ3n) is 2.32. The number of hydrogen-bond acceptors (Lipinski definition) is 4. The molecular formula is C12H15ClO4S. The van der Waals surface area contributed by atoms with E-state index in [9.17, 15) is 13.2 Å². The normalized spacial score (nSPS) is 11.4. The van der Waals surface area contributed by atoms with Gasteiger partial charge < -0.3 is 0 Å². The SMILES string of the molecule is Cc1ccc(S(=O)(=O)OCCCCC(=O)Cl)cc1. The number of unbranched alkanes of at least 4 members (excludes halogenated alkanes) is 1. The number of halogens is 1. The van der Waals surface area contributed by atoms with Gasteiger partial charge in [0.2, 0.25) is 5.24 Å². The van der Waals surface area contributed by atoms with Crippen LogP contribution in [0, 0.1) is 6.92 Å². The summed E-state index contributed by atoms with van der Waals surface area (Å²) in [4.78, 5) is 10.6. The first kappa shape index (κ1) is 15.1. The molecule has 100 valence electrons. The van der Waals surface area contributed by atoms with E-state index in [2.05, 4.69) is 0 Å². The van der Waals surface area contributed by atoms with Crippen LogP contribution >= 0.6 is 11.6 Å². The van der Waals surface area contributed by atoms with Crippen LogP contribution in [0.4, 0.5) is 0 Å². The molecule has 0 amide bonds. The summed E-state index contributed by atoms with van der Waals surface area (Å²) in [5.41, 5.74) is 0.981. The van der Waals surface area contributed by atoms with Crippen molar-refractivity contribution in [2.24, 2.45) is 0 Å². The summed E-state index contributed by atoms with van der Waals surface area (Å²) in [6, 6.07) is 6.44. The lowest BCUT2D eigenvalue weighted by Gasteiger charge is -2.05. The second-order valence-corrected chi connectivity index (χ2v) is 5.94. The minimum absolute atomic E-state index is 0.0559. The molecule has 0 saturated heterocycles. The fourth-order valence-corrected chi connectivity index (χ4v) is 2.38. The van der Waals surface area contributed by atoms with Gasteiger partial charge in [0.05, 0.1) is 11.5 Å². The Morgan fingerprint density at radius 3 is 2.39 bits per heavy atom. The van der Waals surface area contributed by atoms with Crippen LogP contribution in [0.15, 0.2) is 29.2 Å². The maximum absolute atomic E-state index is 11.7. The Hall–Kier alpha value is -0.910. The largest absolute Gasteiger partial charge is 0.296 e. The highest BCUT2D eigenvalue weighted by Gasteiger charge is 2.14. The van der Waals surface area contributed by atoms with Gasteiger partial charge in [-0.1, -0.05) is 17.7 Å². The van der Waals surface area contributed by atoms with Gasteiger partial charge in [0, 0.05) is 6.42 Å². The minimum atomic E-state index is -3.70. The van der Waals surface area contributed by atoms with E-state index in [-0.39, 0.29) is 17.9 Å². The smallest absolute Gasteiger partial charge is 0.281 e. The van der Waals surface area contributed by atoms with Crippen LogP contribution in [0.5, 0.6) is 0 Å². The van der Waals surface area contributed by atoms with Crippen LogP contribution in [0.2, 0.25) is 0 Å². The van der Waals surface area contributed by atoms with Gasteiger partial charge in [-0.2, -0.15) is 8.42 Å². The van der Waals surface area contributed by atoms with Gasteiger partial charge in [0.25, 0.3) is 10.1 Å². The molecule has 1 aromatic carbocycles. The van der Waals surface area contributed by atoms with Crippen LogP contribution in [0.3, 0.4) is 0 Å². The zero-order valence-electron chi connectivity index (χ0n) is 10.1. The van der Waals surface area contributed by atoms with Crippen molar-refractivity contribution in [3.8, 4) is 0 Å². The molecule has 0 heterocycles. The molecule has 0 unspecified atom stereocenters. The Bertz CT molecular complexity index is 493. The minimum Gasteiger partial charge on any atom is -0.281 e. The number of aryl methyl sites for hydroxylation is 1. The first-order chi connectivity index (χ1) is 8.42. The van der Waals surface area contributed by atoms with E-state index in [0.29, 0.717) is 12.8 Å². The molecule has 0 radical (unpaired) electrons. The molecule has 6 heteroatoms. The summed E-state index contributed by atoms with van der Waals surface area (Å²) in [6.45, 7) is 1.93.